The molecule has 3 N–H and O–H groups in total. The van der Waals surface area contributed by atoms with Crippen LogP contribution in [-0.2, 0) is 11.0 Å². The summed E-state index contributed by atoms with van der Waals surface area (Å²) in [5.41, 5.74) is -1.63. The SMILES string of the molecule is N#C/C(=C/NCCN1CCNCC1)C(=O)Nc1ccccc1C(F)(F)F. The van der Waals surface area contributed by atoms with Crippen LogP contribution in [-0.4, -0.2) is 50.1 Å². The molecule has 140 valence electrons. The van der Waals surface area contributed by atoms with Gasteiger partial charge in [0.1, 0.15) is 11.6 Å². The van der Waals surface area contributed by atoms with Gasteiger partial charge in [0.05, 0.1) is 11.3 Å². The van der Waals surface area contributed by atoms with Crippen LogP contribution in [0.2, 0.25) is 0 Å². The Kier molecular flexibility index (Phi) is 7.00. The van der Waals surface area contributed by atoms with E-state index in [4.69, 9.17) is 5.26 Å². The summed E-state index contributed by atoms with van der Waals surface area (Å²) in [5, 5.41) is 17.3. The monoisotopic (exact) mass is 367 g/mol. The molecule has 1 saturated heterocycles. The molecule has 0 saturated carbocycles. The zero-order valence-corrected chi connectivity index (χ0v) is 14.1. The second-order valence-corrected chi connectivity index (χ2v) is 5.71. The third-order valence-electron chi connectivity index (χ3n) is 3.87. The number of hydrogen-bond acceptors (Lipinski definition) is 5. The van der Waals surface area contributed by atoms with Gasteiger partial charge in [-0.15, -0.1) is 0 Å². The Morgan fingerprint density at radius 2 is 2.00 bits per heavy atom. The Bertz CT molecular complexity index is 690. The molecule has 1 aliphatic rings. The molecule has 1 aliphatic heterocycles. The molecule has 0 spiro atoms. The number of anilines is 1. The summed E-state index contributed by atoms with van der Waals surface area (Å²) in [7, 11) is 0. The first kappa shape index (κ1) is 19.8. The second-order valence-electron chi connectivity index (χ2n) is 5.71. The zero-order chi connectivity index (χ0) is 19.0. The van der Waals surface area contributed by atoms with Crippen LogP contribution in [0, 0.1) is 11.3 Å². The van der Waals surface area contributed by atoms with E-state index in [-0.39, 0.29) is 11.3 Å². The molecule has 0 radical (unpaired) electrons. The number of halogens is 3. The van der Waals surface area contributed by atoms with Gasteiger partial charge in [0.25, 0.3) is 5.91 Å². The summed E-state index contributed by atoms with van der Waals surface area (Å²) in [6.45, 7) is 4.95. The van der Waals surface area contributed by atoms with Crippen LogP contribution in [0.3, 0.4) is 0 Å². The molecule has 0 unspecified atom stereocenters. The third-order valence-corrected chi connectivity index (χ3v) is 3.87. The number of nitrogens with zero attached hydrogens (tertiary/aromatic N) is 2. The average molecular weight is 367 g/mol. The number of piperazine rings is 1. The van der Waals surface area contributed by atoms with Gasteiger partial charge < -0.3 is 16.0 Å². The minimum atomic E-state index is -4.60. The van der Waals surface area contributed by atoms with E-state index in [9.17, 15) is 18.0 Å². The molecule has 1 aromatic rings. The van der Waals surface area contributed by atoms with Crippen molar-refractivity contribution in [2.24, 2.45) is 0 Å². The smallest absolute Gasteiger partial charge is 0.388 e. The largest absolute Gasteiger partial charge is 0.418 e. The van der Waals surface area contributed by atoms with Gasteiger partial charge in [-0.1, -0.05) is 12.1 Å². The van der Waals surface area contributed by atoms with Gasteiger partial charge in [-0.05, 0) is 12.1 Å². The van der Waals surface area contributed by atoms with Crippen LogP contribution in [0.1, 0.15) is 5.56 Å². The van der Waals surface area contributed by atoms with E-state index in [1.807, 2.05) is 0 Å². The fraction of sp³-hybridized carbons (Fsp3) is 0.412. The lowest BCUT2D eigenvalue weighted by Gasteiger charge is -2.26. The van der Waals surface area contributed by atoms with Gasteiger partial charge in [-0.2, -0.15) is 18.4 Å². The van der Waals surface area contributed by atoms with Crippen molar-refractivity contribution in [2.75, 3.05) is 44.6 Å². The highest BCUT2D eigenvalue weighted by molar-refractivity contribution is 6.06. The number of nitrogens with one attached hydrogen (secondary N) is 3. The molecule has 1 fully saturated rings. The van der Waals surface area contributed by atoms with E-state index >= 15 is 0 Å². The Hall–Kier alpha value is -2.57. The van der Waals surface area contributed by atoms with Crippen molar-refractivity contribution in [1.29, 1.82) is 5.26 Å². The van der Waals surface area contributed by atoms with Crippen LogP contribution in [0.15, 0.2) is 36.0 Å². The molecule has 0 bridgehead atoms. The van der Waals surface area contributed by atoms with Crippen molar-refractivity contribution >= 4 is 11.6 Å². The number of nitriles is 1. The van der Waals surface area contributed by atoms with Gasteiger partial charge in [0, 0.05) is 45.5 Å². The number of para-hydroxylation sites is 1. The average Bonchev–Trinajstić information content (AvgIpc) is 2.62. The summed E-state index contributed by atoms with van der Waals surface area (Å²) in [5.74, 6) is -0.890. The number of hydrogen-bond donors (Lipinski definition) is 3. The van der Waals surface area contributed by atoms with Crippen LogP contribution in [0.5, 0.6) is 0 Å². The van der Waals surface area contributed by atoms with E-state index in [0.717, 1.165) is 44.9 Å². The van der Waals surface area contributed by atoms with Gasteiger partial charge in [-0.25, -0.2) is 0 Å². The first-order valence-electron chi connectivity index (χ1n) is 8.16. The summed E-state index contributed by atoms with van der Waals surface area (Å²) >= 11 is 0. The van der Waals surface area contributed by atoms with E-state index in [1.54, 1.807) is 6.07 Å². The van der Waals surface area contributed by atoms with Crippen LogP contribution < -0.4 is 16.0 Å². The minimum Gasteiger partial charge on any atom is -0.388 e. The molecule has 0 aliphatic carbocycles. The number of benzene rings is 1. The van der Waals surface area contributed by atoms with Crippen molar-refractivity contribution in [3.05, 3.63) is 41.6 Å². The first-order chi connectivity index (χ1) is 12.4. The maximum atomic E-state index is 13.0. The highest BCUT2D eigenvalue weighted by Gasteiger charge is 2.33. The van der Waals surface area contributed by atoms with Gasteiger partial charge in [0.2, 0.25) is 0 Å². The lowest BCUT2D eigenvalue weighted by Crippen LogP contribution is -2.45. The molecule has 2 rings (SSSR count). The van der Waals surface area contributed by atoms with Gasteiger partial charge in [-0.3, -0.25) is 9.69 Å². The number of amides is 1. The van der Waals surface area contributed by atoms with Crippen molar-refractivity contribution in [3.8, 4) is 6.07 Å². The maximum Gasteiger partial charge on any atom is 0.418 e. The maximum absolute atomic E-state index is 13.0. The lowest BCUT2D eigenvalue weighted by molar-refractivity contribution is -0.137. The molecule has 26 heavy (non-hydrogen) atoms. The highest BCUT2D eigenvalue weighted by atomic mass is 19.4. The molecule has 9 heteroatoms. The fourth-order valence-corrected chi connectivity index (χ4v) is 2.51. The molecular weight excluding hydrogens is 347 g/mol. The fourth-order valence-electron chi connectivity index (χ4n) is 2.51. The molecular formula is C17H20F3N5O. The molecule has 1 heterocycles. The summed E-state index contributed by atoms with van der Waals surface area (Å²) < 4.78 is 38.9. The number of carbonyl (C=O) groups excluding carboxylic acids is 1. The molecule has 6 nitrogen and oxygen atoms in total. The Morgan fingerprint density at radius 3 is 2.65 bits per heavy atom. The van der Waals surface area contributed by atoms with Crippen LogP contribution in [0.25, 0.3) is 0 Å². The van der Waals surface area contributed by atoms with E-state index in [0.29, 0.717) is 6.54 Å². The predicted octanol–water partition coefficient (Wildman–Crippen LogP) is 1.55. The second kappa shape index (κ2) is 9.22. The van der Waals surface area contributed by atoms with Crippen molar-refractivity contribution < 1.29 is 18.0 Å². The number of alkyl halides is 3. The quantitative estimate of drug-likeness (QED) is 0.404. The van der Waals surface area contributed by atoms with Crippen molar-refractivity contribution in [3.63, 3.8) is 0 Å². The molecule has 0 aromatic heterocycles. The first-order valence-corrected chi connectivity index (χ1v) is 8.16. The third kappa shape index (κ3) is 5.75. The van der Waals surface area contributed by atoms with E-state index in [2.05, 4.69) is 20.9 Å². The summed E-state index contributed by atoms with van der Waals surface area (Å²) in [4.78, 5) is 14.3. The molecule has 0 atom stereocenters. The molecule has 1 aromatic carbocycles. The summed E-state index contributed by atoms with van der Waals surface area (Å²) in [6, 6.07) is 6.33. The highest BCUT2D eigenvalue weighted by Crippen LogP contribution is 2.34. The molecule has 1 amide bonds. The van der Waals surface area contributed by atoms with Gasteiger partial charge in [0.15, 0.2) is 0 Å². The Morgan fingerprint density at radius 1 is 1.31 bits per heavy atom. The van der Waals surface area contributed by atoms with Crippen molar-refractivity contribution in [1.82, 2.24) is 15.5 Å². The van der Waals surface area contributed by atoms with E-state index < -0.39 is 17.6 Å². The number of rotatable bonds is 6. The standard InChI is InChI=1S/C17H20F3N5O/c18-17(19,20)14-3-1-2-4-15(14)24-16(26)13(11-21)12-23-7-10-25-8-5-22-6-9-25/h1-4,12,22-23H,5-10H2,(H,24,26)/b13-12-. The Labute approximate surface area is 149 Å². The normalized spacial score (nSPS) is 16.0. The van der Waals surface area contributed by atoms with Crippen LogP contribution in [0.4, 0.5) is 18.9 Å². The zero-order valence-electron chi connectivity index (χ0n) is 14.1. The topological polar surface area (TPSA) is 80.2 Å². The van der Waals surface area contributed by atoms with Gasteiger partial charge >= 0.3 is 6.18 Å². The summed E-state index contributed by atoms with van der Waals surface area (Å²) in [6.07, 6.45) is -3.37. The lowest BCUT2D eigenvalue weighted by atomic mass is 10.1. The number of carbonyl (C=O) groups is 1. The van der Waals surface area contributed by atoms with E-state index in [1.165, 1.54) is 18.3 Å². The van der Waals surface area contributed by atoms with Crippen molar-refractivity contribution in [2.45, 2.75) is 6.18 Å². The van der Waals surface area contributed by atoms with Crippen LogP contribution >= 0.6 is 0 Å². The minimum absolute atomic E-state index is 0.290. The predicted molar refractivity (Wildman–Crippen MR) is 91.1 cm³/mol. The Balaban J connectivity index is 1.93.